The van der Waals surface area contributed by atoms with Gasteiger partial charge in [-0.3, -0.25) is 0 Å². The van der Waals surface area contributed by atoms with E-state index in [0.29, 0.717) is 0 Å². The van der Waals surface area contributed by atoms with Gasteiger partial charge in [-0.15, -0.1) is 0 Å². The van der Waals surface area contributed by atoms with E-state index in [4.69, 9.17) is 5.26 Å². The Kier molecular flexibility index (Phi) is 2.62. The molecule has 3 nitrogen and oxygen atoms in total. The minimum Gasteiger partial charge on any atom is -0.360 e. The van der Waals surface area contributed by atoms with E-state index in [2.05, 4.69) is 11.1 Å². The van der Waals surface area contributed by atoms with Crippen molar-refractivity contribution < 1.29 is 0 Å². The van der Waals surface area contributed by atoms with Crippen LogP contribution in [0.25, 0.3) is 0 Å². The number of aromatic amines is 1. The normalized spacial score (nSPS) is 10.9. The van der Waals surface area contributed by atoms with Crippen LogP contribution in [-0.4, -0.2) is 18.6 Å². The molecule has 1 N–H and O–H groups in total. The maximum atomic E-state index is 8.85. The fraction of sp³-hybridized carbons (Fsp3) is 0.500. The largest absolute Gasteiger partial charge is 0.360 e. The van der Waals surface area contributed by atoms with Gasteiger partial charge in [0.05, 0.1) is 11.5 Å². The highest BCUT2D eigenvalue weighted by Crippen LogP contribution is 2.18. The SMILES string of the molecule is CN(CC(C)(C)C#N)c1ccc[nH]1. The van der Waals surface area contributed by atoms with E-state index >= 15 is 0 Å². The summed E-state index contributed by atoms with van der Waals surface area (Å²) < 4.78 is 0. The highest BCUT2D eigenvalue weighted by atomic mass is 15.2. The molecule has 0 fully saturated rings. The van der Waals surface area contributed by atoms with E-state index in [1.54, 1.807) is 0 Å². The van der Waals surface area contributed by atoms with E-state index in [9.17, 15) is 0 Å². The van der Waals surface area contributed by atoms with Crippen molar-refractivity contribution in [2.75, 3.05) is 18.5 Å². The lowest BCUT2D eigenvalue weighted by Gasteiger charge is -2.24. The Bertz CT molecular complexity index is 292. The van der Waals surface area contributed by atoms with Gasteiger partial charge in [-0.25, -0.2) is 0 Å². The van der Waals surface area contributed by atoms with Crippen LogP contribution in [0.1, 0.15) is 13.8 Å². The highest BCUT2D eigenvalue weighted by Gasteiger charge is 2.19. The topological polar surface area (TPSA) is 42.8 Å². The van der Waals surface area contributed by atoms with Gasteiger partial charge in [0.2, 0.25) is 0 Å². The molecule has 0 aliphatic rings. The third kappa shape index (κ3) is 2.51. The molecule has 0 spiro atoms. The van der Waals surface area contributed by atoms with Crippen LogP contribution < -0.4 is 4.90 Å². The molecule has 0 unspecified atom stereocenters. The minimum absolute atomic E-state index is 0.306. The van der Waals surface area contributed by atoms with E-state index < -0.39 is 0 Å². The summed E-state index contributed by atoms with van der Waals surface area (Å²) in [5.74, 6) is 1.04. The molecule has 70 valence electrons. The molecule has 1 aromatic heterocycles. The number of hydrogen-bond acceptors (Lipinski definition) is 2. The molecule has 0 amide bonds. The zero-order valence-corrected chi connectivity index (χ0v) is 8.33. The average molecular weight is 177 g/mol. The van der Waals surface area contributed by atoms with Gasteiger partial charge in [0, 0.05) is 19.8 Å². The monoisotopic (exact) mass is 177 g/mol. The van der Waals surface area contributed by atoms with Crippen molar-refractivity contribution in [2.45, 2.75) is 13.8 Å². The smallest absolute Gasteiger partial charge is 0.105 e. The molecule has 0 aromatic carbocycles. The molecule has 1 aromatic rings. The summed E-state index contributed by atoms with van der Waals surface area (Å²) in [5, 5.41) is 8.85. The number of hydrogen-bond donors (Lipinski definition) is 1. The van der Waals surface area contributed by atoms with Crippen molar-refractivity contribution in [3.63, 3.8) is 0 Å². The predicted octanol–water partition coefficient (Wildman–Crippen LogP) is 2.00. The number of H-pyrrole nitrogens is 1. The molecule has 13 heavy (non-hydrogen) atoms. The summed E-state index contributed by atoms with van der Waals surface area (Å²) in [6.07, 6.45) is 1.88. The second kappa shape index (κ2) is 3.53. The van der Waals surface area contributed by atoms with Gasteiger partial charge in [-0.1, -0.05) is 0 Å². The maximum Gasteiger partial charge on any atom is 0.105 e. The van der Waals surface area contributed by atoms with Gasteiger partial charge in [0.15, 0.2) is 0 Å². The molecular weight excluding hydrogens is 162 g/mol. The van der Waals surface area contributed by atoms with Gasteiger partial charge in [0.25, 0.3) is 0 Å². The van der Waals surface area contributed by atoms with Crippen LogP contribution in [0.5, 0.6) is 0 Å². The first-order valence-corrected chi connectivity index (χ1v) is 4.31. The van der Waals surface area contributed by atoms with Crippen molar-refractivity contribution in [2.24, 2.45) is 5.41 Å². The molecule has 0 bridgehead atoms. The molecule has 3 heteroatoms. The Morgan fingerprint density at radius 2 is 2.31 bits per heavy atom. The Labute approximate surface area is 79.0 Å². The van der Waals surface area contributed by atoms with Crippen molar-refractivity contribution >= 4 is 5.82 Å². The Morgan fingerprint density at radius 1 is 1.62 bits per heavy atom. The van der Waals surface area contributed by atoms with Crippen molar-refractivity contribution in [1.29, 1.82) is 5.26 Å². The zero-order chi connectivity index (χ0) is 9.90. The number of nitrogens with zero attached hydrogens (tertiary/aromatic N) is 2. The first-order chi connectivity index (χ1) is 6.05. The molecule has 0 aliphatic heterocycles. The predicted molar refractivity (Wildman–Crippen MR) is 53.5 cm³/mol. The second-order valence-corrected chi connectivity index (χ2v) is 3.91. The first-order valence-electron chi connectivity index (χ1n) is 4.31. The summed E-state index contributed by atoms with van der Waals surface area (Å²) in [5.41, 5.74) is -0.306. The third-order valence-corrected chi connectivity index (χ3v) is 1.93. The quantitative estimate of drug-likeness (QED) is 0.767. The van der Waals surface area contributed by atoms with Crippen molar-refractivity contribution in [3.8, 4) is 6.07 Å². The number of nitriles is 1. The average Bonchev–Trinajstić information content (AvgIpc) is 2.55. The van der Waals surface area contributed by atoms with E-state index in [-0.39, 0.29) is 5.41 Å². The van der Waals surface area contributed by atoms with Crippen LogP contribution in [-0.2, 0) is 0 Å². The molecule has 1 rings (SSSR count). The maximum absolute atomic E-state index is 8.85. The Morgan fingerprint density at radius 3 is 2.77 bits per heavy atom. The molecular formula is C10H15N3. The van der Waals surface area contributed by atoms with Crippen LogP contribution in [0.2, 0.25) is 0 Å². The number of anilines is 1. The molecule has 0 saturated carbocycles. The van der Waals surface area contributed by atoms with Crippen LogP contribution in [0, 0.1) is 16.7 Å². The molecule has 1 heterocycles. The lowest BCUT2D eigenvalue weighted by Crippen LogP contribution is -2.30. The van der Waals surface area contributed by atoms with Crippen LogP contribution in [0.3, 0.4) is 0 Å². The number of rotatable bonds is 3. The first kappa shape index (κ1) is 9.66. The van der Waals surface area contributed by atoms with Gasteiger partial charge < -0.3 is 9.88 Å². The fourth-order valence-corrected chi connectivity index (χ4v) is 1.27. The lowest BCUT2D eigenvalue weighted by atomic mass is 9.95. The Hall–Kier alpha value is -1.43. The number of nitrogens with one attached hydrogen (secondary N) is 1. The standard InChI is InChI=1S/C10H15N3/c1-10(2,7-11)8-13(3)9-5-4-6-12-9/h4-6,12H,8H2,1-3H3. The van der Waals surface area contributed by atoms with Gasteiger partial charge in [0.1, 0.15) is 5.82 Å². The summed E-state index contributed by atoms with van der Waals surface area (Å²) in [7, 11) is 1.98. The second-order valence-electron chi connectivity index (χ2n) is 3.91. The summed E-state index contributed by atoms with van der Waals surface area (Å²) in [4.78, 5) is 5.14. The lowest BCUT2D eigenvalue weighted by molar-refractivity contribution is 0.496. The zero-order valence-electron chi connectivity index (χ0n) is 8.33. The van der Waals surface area contributed by atoms with Gasteiger partial charge in [-0.2, -0.15) is 5.26 Å². The van der Waals surface area contributed by atoms with Crippen LogP contribution in [0.4, 0.5) is 5.82 Å². The van der Waals surface area contributed by atoms with Crippen molar-refractivity contribution in [3.05, 3.63) is 18.3 Å². The van der Waals surface area contributed by atoms with Crippen LogP contribution in [0.15, 0.2) is 18.3 Å². The molecule has 0 radical (unpaired) electrons. The summed E-state index contributed by atoms with van der Waals surface area (Å²) >= 11 is 0. The Balaban J connectivity index is 2.62. The van der Waals surface area contributed by atoms with E-state index in [1.165, 1.54) is 0 Å². The summed E-state index contributed by atoms with van der Waals surface area (Å²) in [6.45, 7) is 4.60. The van der Waals surface area contributed by atoms with Gasteiger partial charge >= 0.3 is 0 Å². The third-order valence-electron chi connectivity index (χ3n) is 1.93. The molecule has 0 aliphatic carbocycles. The summed E-state index contributed by atoms with van der Waals surface area (Å²) in [6, 6.07) is 6.22. The number of aromatic nitrogens is 1. The van der Waals surface area contributed by atoms with Gasteiger partial charge in [-0.05, 0) is 26.0 Å². The van der Waals surface area contributed by atoms with Crippen LogP contribution >= 0.6 is 0 Å². The van der Waals surface area contributed by atoms with E-state index in [1.807, 2.05) is 44.1 Å². The van der Waals surface area contributed by atoms with E-state index in [0.717, 1.165) is 12.4 Å². The molecule has 0 saturated heterocycles. The highest BCUT2D eigenvalue weighted by molar-refractivity contribution is 5.38. The van der Waals surface area contributed by atoms with Crippen molar-refractivity contribution in [1.82, 2.24) is 4.98 Å². The molecule has 0 atom stereocenters. The minimum atomic E-state index is -0.306. The fourth-order valence-electron chi connectivity index (χ4n) is 1.27.